The number of hydrogen-bond acceptors (Lipinski definition) is 3. The Bertz CT molecular complexity index is 579. The smallest absolute Gasteiger partial charge is 0.223 e. The number of anilines is 1. The zero-order chi connectivity index (χ0) is 13.8. The van der Waals surface area contributed by atoms with Crippen LogP contribution < -0.4 is 11.1 Å². The molecule has 4 nitrogen and oxygen atoms in total. The summed E-state index contributed by atoms with van der Waals surface area (Å²) in [6.45, 7) is 2.72. The Morgan fingerprint density at radius 2 is 2.32 bits per heavy atom. The molecule has 2 atom stereocenters. The van der Waals surface area contributed by atoms with Gasteiger partial charge in [0.25, 0.3) is 0 Å². The number of nitrogens with two attached hydrogens (primary N) is 1. The lowest BCUT2D eigenvalue weighted by Crippen LogP contribution is -2.35. The summed E-state index contributed by atoms with van der Waals surface area (Å²) in [5.41, 5.74) is 6.02. The van der Waals surface area contributed by atoms with E-state index in [9.17, 15) is 4.79 Å². The first kappa shape index (κ1) is 13.2. The highest BCUT2D eigenvalue weighted by molar-refractivity contribution is 9.10. The van der Waals surface area contributed by atoms with Crippen molar-refractivity contribution in [2.75, 3.05) is 11.9 Å². The molecule has 2 aliphatic rings. The number of carbonyl (C=O) groups excluding carboxylic acids is 1. The van der Waals surface area contributed by atoms with E-state index in [1.54, 1.807) is 6.20 Å². The van der Waals surface area contributed by atoms with Crippen molar-refractivity contribution in [1.29, 1.82) is 0 Å². The van der Waals surface area contributed by atoms with Crippen molar-refractivity contribution in [3.8, 4) is 0 Å². The van der Waals surface area contributed by atoms with E-state index in [1.807, 2.05) is 6.92 Å². The lowest BCUT2D eigenvalue weighted by Gasteiger charge is -2.27. The minimum absolute atomic E-state index is 0.118. The van der Waals surface area contributed by atoms with Gasteiger partial charge < -0.3 is 11.1 Å². The fourth-order valence-electron chi connectivity index (χ4n) is 3.44. The Kier molecular flexibility index (Phi) is 2.84. The summed E-state index contributed by atoms with van der Waals surface area (Å²) in [5, 5.41) is 4.01. The fraction of sp³-hybridized carbons (Fsp3) is 0.538. The highest BCUT2D eigenvalue weighted by Gasteiger charge is 2.53. The van der Waals surface area contributed by atoms with Crippen LogP contribution in [0, 0.1) is 5.41 Å². The van der Waals surface area contributed by atoms with Gasteiger partial charge in [0.2, 0.25) is 5.91 Å². The molecule has 6 heteroatoms. The first-order chi connectivity index (χ1) is 8.88. The van der Waals surface area contributed by atoms with Crippen LogP contribution in [-0.2, 0) is 10.2 Å². The molecule has 102 valence electrons. The van der Waals surface area contributed by atoms with Crippen molar-refractivity contribution >= 4 is 39.3 Å². The van der Waals surface area contributed by atoms with Crippen LogP contribution in [0.3, 0.4) is 0 Å². The van der Waals surface area contributed by atoms with E-state index in [4.69, 9.17) is 17.3 Å². The highest BCUT2D eigenvalue weighted by atomic mass is 79.9. The zero-order valence-corrected chi connectivity index (χ0v) is 12.9. The maximum absolute atomic E-state index is 11.7. The minimum atomic E-state index is -0.449. The maximum atomic E-state index is 11.7. The highest BCUT2D eigenvalue weighted by Crippen LogP contribution is 2.56. The van der Waals surface area contributed by atoms with Crippen LogP contribution >= 0.6 is 27.5 Å². The van der Waals surface area contributed by atoms with E-state index in [0.717, 1.165) is 41.7 Å². The van der Waals surface area contributed by atoms with Crippen LogP contribution in [0.25, 0.3) is 0 Å². The summed E-state index contributed by atoms with van der Waals surface area (Å²) in [4.78, 5) is 16.0. The standard InChI is InChI=1S/C13H15BrClN3O/c1-12(11(16)19)2-3-13(5-12)6-18-10-8(13)9(15)7(14)4-17-10/h4H,2-3,5-6H2,1H3,(H2,16,19)(H,17,18). The van der Waals surface area contributed by atoms with Gasteiger partial charge >= 0.3 is 0 Å². The third kappa shape index (κ3) is 1.78. The van der Waals surface area contributed by atoms with Crippen molar-refractivity contribution in [2.24, 2.45) is 11.1 Å². The third-order valence-electron chi connectivity index (χ3n) is 4.58. The van der Waals surface area contributed by atoms with Gasteiger partial charge in [0.1, 0.15) is 5.82 Å². The average molecular weight is 345 g/mol. The quantitative estimate of drug-likeness (QED) is 0.823. The number of nitrogens with zero attached hydrogens (tertiary/aromatic N) is 1. The van der Waals surface area contributed by atoms with E-state index in [1.165, 1.54) is 0 Å². The lowest BCUT2D eigenvalue weighted by atomic mass is 9.77. The molecule has 0 aromatic carbocycles. The summed E-state index contributed by atoms with van der Waals surface area (Å²) < 4.78 is 0.795. The molecule has 1 aromatic heterocycles. The number of aromatic nitrogens is 1. The number of halogens is 2. The van der Waals surface area contributed by atoms with Gasteiger partial charge in [0, 0.05) is 29.1 Å². The summed E-state index contributed by atoms with van der Waals surface area (Å²) in [6.07, 6.45) is 4.14. The Labute approximate surface area is 125 Å². The molecule has 1 spiro atoms. The average Bonchev–Trinajstić information content (AvgIpc) is 2.88. The Morgan fingerprint density at radius 1 is 1.58 bits per heavy atom. The predicted molar refractivity (Wildman–Crippen MR) is 78.3 cm³/mol. The number of nitrogens with one attached hydrogen (secondary N) is 1. The Morgan fingerprint density at radius 3 is 2.95 bits per heavy atom. The lowest BCUT2D eigenvalue weighted by molar-refractivity contribution is -0.126. The van der Waals surface area contributed by atoms with E-state index in [-0.39, 0.29) is 11.3 Å². The second-order valence-electron chi connectivity index (χ2n) is 5.88. The normalized spacial score (nSPS) is 32.4. The van der Waals surface area contributed by atoms with Gasteiger partial charge in [0.15, 0.2) is 0 Å². The second kappa shape index (κ2) is 4.09. The number of fused-ring (bicyclic) bond motifs is 2. The largest absolute Gasteiger partial charge is 0.369 e. The van der Waals surface area contributed by atoms with E-state index >= 15 is 0 Å². The molecule has 1 saturated carbocycles. The van der Waals surface area contributed by atoms with Gasteiger partial charge in [-0.05, 0) is 35.2 Å². The second-order valence-corrected chi connectivity index (χ2v) is 7.11. The molecule has 19 heavy (non-hydrogen) atoms. The number of pyridine rings is 1. The molecule has 0 radical (unpaired) electrons. The van der Waals surface area contributed by atoms with Crippen LogP contribution in [0.4, 0.5) is 5.82 Å². The molecule has 2 heterocycles. The molecule has 3 N–H and O–H groups in total. The summed E-state index contributed by atoms with van der Waals surface area (Å²) in [7, 11) is 0. The van der Waals surface area contributed by atoms with E-state index in [2.05, 4.69) is 26.2 Å². The number of primary amides is 1. The molecule has 1 fully saturated rings. The first-order valence-electron chi connectivity index (χ1n) is 6.26. The van der Waals surface area contributed by atoms with Crippen LogP contribution in [0.5, 0.6) is 0 Å². The number of carbonyl (C=O) groups is 1. The van der Waals surface area contributed by atoms with Crippen molar-refractivity contribution in [3.05, 3.63) is 21.3 Å². The van der Waals surface area contributed by atoms with Gasteiger partial charge in [0.05, 0.1) is 9.50 Å². The predicted octanol–water partition coefficient (Wildman–Crippen LogP) is 2.84. The fourth-order valence-corrected chi connectivity index (χ4v) is 4.08. The van der Waals surface area contributed by atoms with E-state index < -0.39 is 5.41 Å². The van der Waals surface area contributed by atoms with Crippen molar-refractivity contribution in [2.45, 2.75) is 31.6 Å². The van der Waals surface area contributed by atoms with Crippen molar-refractivity contribution in [1.82, 2.24) is 4.98 Å². The van der Waals surface area contributed by atoms with Gasteiger partial charge in [-0.25, -0.2) is 4.98 Å². The number of hydrogen-bond donors (Lipinski definition) is 2. The van der Waals surface area contributed by atoms with Crippen LogP contribution in [-0.4, -0.2) is 17.4 Å². The topological polar surface area (TPSA) is 68.0 Å². The van der Waals surface area contributed by atoms with Crippen LogP contribution in [0.15, 0.2) is 10.7 Å². The summed E-state index contributed by atoms with van der Waals surface area (Å²) >= 11 is 9.86. The van der Waals surface area contributed by atoms with Crippen molar-refractivity contribution < 1.29 is 4.79 Å². The molecule has 1 aromatic rings. The van der Waals surface area contributed by atoms with Gasteiger partial charge in [-0.15, -0.1) is 0 Å². The molecule has 0 saturated heterocycles. The zero-order valence-electron chi connectivity index (χ0n) is 10.6. The molecular formula is C13H15BrClN3O. The van der Waals surface area contributed by atoms with E-state index in [0.29, 0.717) is 5.02 Å². The molecule has 1 aliphatic carbocycles. The van der Waals surface area contributed by atoms with Gasteiger partial charge in [-0.3, -0.25) is 4.79 Å². The van der Waals surface area contributed by atoms with Crippen molar-refractivity contribution in [3.63, 3.8) is 0 Å². The van der Waals surface area contributed by atoms with Gasteiger partial charge in [-0.1, -0.05) is 18.5 Å². The van der Waals surface area contributed by atoms with Crippen LogP contribution in [0.2, 0.25) is 5.02 Å². The molecule has 1 aliphatic heterocycles. The number of amides is 1. The monoisotopic (exact) mass is 343 g/mol. The molecule has 0 bridgehead atoms. The first-order valence-corrected chi connectivity index (χ1v) is 7.43. The number of rotatable bonds is 1. The van der Waals surface area contributed by atoms with Gasteiger partial charge in [-0.2, -0.15) is 0 Å². The SMILES string of the molecule is CC1(C(N)=O)CCC2(CNc3ncc(Br)c(Cl)c32)C1. The molecule has 1 amide bonds. The Hall–Kier alpha value is -0.810. The summed E-state index contributed by atoms with van der Waals surface area (Å²) in [5.74, 6) is 0.610. The molecule has 3 rings (SSSR count). The third-order valence-corrected chi connectivity index (χ3v) is 5.80. The Balaban J connectivity index is 2.08. The molecular weight excluding hydrogens is 330 g/mol. The molecule has 2 unspecified atom stereocenters. The van der Waals surface area contributed by atoms with Crippen LogP contribution in [0.1, 0.15) is 31.7 Å². The minimum Gasteiger partial charge on any atom is -0.369 e. The summed E-state index contributed by atoms with van der Waals surface area (Å²) in [6, 6.07) is 0. The maximum Gasteiger partial charge on any atom is 0.223 e.